The molecule has 1 heterocycles. The summed E-state index contributed by atoms with van der Waals surface area (Å²) in [4.78, 5) is 23.6. The summed E-state index contributed by atoms with van der Waals surface area (Å²) >= 11 is 5.85. The molecule has 1 saturated heterocycles. The number of halogens is 5. The number of carbonyl (C=O) groups is 2. The van der Waals surface area contributed by atoms with Crippen molar-refractivity contribution >= 4 is 23.6 Å². The summed E-state index contributed by atoms with van der Waals surface area (Å²) in [5.74, 6) is -2.85. The van der Waals surface area contributed by atoms with Crippen LogP contribution in [-0.2, 0) is 9.53 Å². The molecule has 0 radical (unpaired) electrons. The fraction of sp³-hybridized carbons (Fsp3) is 0.556. The Bertz CT molecular complexity index is 751. The lowest BCUT2D eigenvalue weighted by Crippen LogP contribution is -2.42. The second-order valence-corrected chi connectivity index (χ2v) is 7.50. The number of hydrogen-bond donors (Lipinski definition) is 2. The van der Waals surface area contributed by atoms with Gasteiger partial charge in [-0.1, -0.05) is 17.7 Å². The van der Waals surface area contributed by atoms with Gasteiger partial charge in [0.25, 0.3) is 5.91 Å². The van der Waals surface area contributed by atoms with Crippen molar-refractivity contribution in [2.75, 3.05) is 6.54 Å². The van der Waals surface area contributed by atoms with E-state index in [-0.39, 0.29) is 43.2 Å². The lowest BCUT2D eigenvalue weighted by molar-refractivity contribution is -0.184. The van der Waals surface area contributed by atoms with Gasteiger partial charge < -0.3 is 15.4 Å². The number of alkyl halides is 3. The second kappa shape index (κ2) is 8.14. The first-order chi connectivity index (χ1) is 13.1. The van der Waals surface area contributed by atoms with E-state index >= 15 is 0 Å². The first kappa shape index (κ1) is 20.7. The van der Waals surface area contributed by atoms with Crippen LogP contribution in [0.1, 0.15) is 37.3 Å². The summed E-state index contributed by atoms with van der Waals surface area (Å²) < 4.78 is 57.3. The minimum atomic E-state index is -4.24. The topological polar surface area (TPSA) is 67.4 Å². The highest BCUT2D eigenvalue weighted by molar-refractivity contribution is 6.30. The van der Waals surface area contributed by atoms with Crippen molar-refractivity contribution in [2.24, 2.45) is 11.8 Å². The van der Waals surface area contributed by atoms with Gasteiger partial charge in [0.05, 0.1) is 23.5 Å². The second-order valence-electron chi connectivity index (χ2n) is 7.09. The van der Waals surface area contributed by atoms with Gasteiger partial charge in [0.15, 0.2) is 6.10 Å². The summed E-state index contributed by atoms with van der Waals surface area (Å²) in [5, 5.41) is 4.97. The lowest BCUT2D eigenvalue weighted by Gasteiger charge is -2.35. The van der Waals surface area contributed by atoms with Crippen molar-refractivity contribution in [1.82, 2.24) is 10.6 Å². The van der Waals surface area contributed by atoms with E-state index in [1.807, 2.05) is 0 Å². The van der Waals surface area contributed by atoms with E-state index in [1.54, 1.807) is 0 Å². The van der Waals surface area contributed by atoms with Gasteiger partial charge in [-0.25, -0.2) is 9.18 Å². The third-order valence-corrected chi connectivity index (χ3v) is 5.57. The number of ether oxygens (including phenoxy) is 1. The molecule has 2 fully saturated rings. The molecule has 1 aromatic carbocycles. The Morgan fingerprint density at radius 1 is 1.25 bits per heavy atom. The van der Waals surface area contributed by atoms with E-state index in [0.717, 1.165) is 6.07 Å². The number of amides is 2. The maximum absolute atomic E-state index is 13.5. The fourth-order valence-electron chi connectivity index (χ4n) is 3.74. The Balaban J connectivity index is 1.78. The molecule has 28 heavy (non-hydrogen) atoms. The number of rotatable bonds is 4. The quantitative estimate of drug-likeness (QED) is 0.717. The molecule has 0 spiro atoms. The average molecular weight is 423 g/mol. The van der Waals surface area contributed by atoms with Gasteiger partial charge in [0.1, 0.15) is 5.82 Å². The minimum Gasteiger partial charge on any atom is -0.434 e. The standard InChI is InChI=1S/C18H19ClF4N2O3/c19-12-7-10(3-6-13(12)20)15(25-16(26)14-8-24-17(27)28-14)9-1-4-11(5-2-9)18(21,22)23/h3,6-7,9,11,14-15H,1-2,4-5,8H2,(H,24,27)(H,25,26)/t9-,11-,14-,15-/m0/s1. The van der Waals surface area contributed by atoms with Crippen molar-refractivity contribution in [2.45, 2.75) is 44.0 Å². The first-order valence-electron chi connectivity index (χ1n) is 8.91. The normalized spacial score (nSPS) is 26.3. The smallest absolute Gasteiger partial charge is 0.408 e. The molecule has 154 valence electrons. The molecule has 2 N–H and O–H groups in total. The number of cyclic esters (lactones) is 1. The van der Waals surface area contributed by atoms with Crippen molar-refractivity contribution in [3.05, 3.63) is 34.6 Å². The van der Waals surface area contributed by atoms with E-state index in [1.165, 1.54) is 12.1 Å². The monoisotopic (exact) mass is 422 g/mol. The fourth-order valence-corrected chi connectivity index (χ4v) is 3.93. The zero-order valence-electron chi connectivity index (χ0n) is 14.7. The van der Waals surface area contributed by atoms with Crippen molar-refractivity contribution < 1.29 is 31.9 Å². The predicted molar refractivity (Wildman–Crippen MR) is 92.1 cm³/mol. The van der Waals surface area contributed by atoms with Gasteiger partial charge in [-0.2, -0.15) is 13.2 Å². The molecule has 0 unspecified atom stereocenters. The summed E-state index contributed by atoms with van der Waals surface area (Å²) in [5.41, 5.74) is 0.493. The summed E-state index contributed by atoms with van der Waals surface area (Å²) in [6, 6.07) is 3.28. The SMILES string of the molecule is O=C1NC[C@@H](C(=O)N[C@H](c2ccc(F)c(Cl)c2)[C@H]2CC[C@H](C(F)(F)F)CC2)O1. The maximum atomic E-state index is 13.5. The minimum absolute atomic E-state index is 0.00236. The Morgan fingerprint density at radius 3 is 2.46 bits per heavy atom. The Morgan fingerprint density at radius 2 is 1.93 bits per heavy atom. The molecular weight excluding hydrogens is 404 g/mol. The maximum Gasteiger partial charge on any atom is 0.408 e. The molecule has 2 atom stereocenters. The van der Waals surface area contributed by atoms with Crippen LogP contribution in [0.4, 0.5) is 22.4 Å². The van der Waals surface area contributed by atoms with Crippen LogP contribution in [0.3, 0.4) is 0 Å². The number of carbonyl (C=O) groups excluding carboxylic acids is 2. The zero-order chi connectivity index (χ0) is 20.5. The molecule has 0 aromatic heterocycles. The molecule has 10 heteroatoms. The van der Waals surface area contributed by atoms with Crippen molar-refractivity contribution in [3.63, 3.8) is 0 Å². The molecular formula is C18H19ClF4N2O3. The van der Waals surface area contributed by atoms with Gasteiger partial charge in [0, 0.05) is 0 Å². The third-order valence-electron chi connectivity index (χ3n) is 5.28. The molecule has 1 aliphatic carbocycles. The van der Waals surface area contributed by atoms with E-state index in [9.17, 15) is 27.2 Å². The van der Waals surface area contributed by atoms with Crippen LogP contribution >= 0.6 is 11.6 Å². The van der Waals surface area contributed by atoms with Crippen LogP contribution in [0.2, 0.25) is 5.02 Å². The Kier molecular flexibility index (Phi) is 6.02. The van der Waals surface area contributed by atoms with E-state index in [2.05, 4.69) is 10.6 Å². The Labute approximate surface area is 163 Å². The lowest BCUT2D eigenvalue weighted by atomic mass is 9.76. The van der Waals surface area contributed by atoms with Gasteiger partial charge >= 0.3 is 12.3 Å². The third kappa shape index (κ3) is 4.68. The Hall–Kier alpha value is -2.03. The number of hydrogen-bond acceptors (Lipinski definition) is 3. The van der Waals surface area contributed by atoms with Gasteiger partial charge in [0.2, 0.25) is 0 Å². The molecule has 2 aliphatic rings. The number of benzene rings is 1. The highest BCUT2D eigenvalue weighted by Crippen LogP contribution is 2.43. The molecule has 1 aromatic rings. The average Bonchev–Trinajstić information content (AvgIpc) is 3.08. The van der Waals surface area contributed by atoms with Gasteiger partial charge in [-0.3, -0.25) is 4.79 Å². The molecule has 3 rings (SSSR count). The van der Waals surface area contributed by atoms with Crippen molar-refractivity contribution in [1.29, 1.82) is 0 Å². The van der Waals surface area contributed by atoms with Gasteiger partial charge in [-0.05, 0) is 49.3 Å². The van der Waals surface area contributed by atoms with E-state index in [4.69, 9.17) is 16.3 Å². The van der Waals surface area contributed by atoms with Crippen LogP contribution in [0.15, 0.2) is 18.2 Å². The summed E-state index contributed by atoms with van der Waals surface area (Å²) in [7, 11) is 0. The van der Waals surface area contributed by atoms with Crippen LogP contribution in [0, 0.1) is 17.7 Å². The highest BCUT2D eigenvalue weighted by atomic mass is 35.5. The molecule has 2 amide bonds. The zero-order valence-corrected chi connectivity index (χ0v) is 15.4. The predicted octanol–water partition coefficient (Wildman–Crippen LogP) is 4.11. The molecule has 5 nitrogen and oxygen atoms in total. The first-order valence-corrected chi connectivity index (χ1v) is 9.29. The van der Waals surface area contributed by atoms with Crippen molar-refractivity contribution in [3.8, 4) is 0 Å². The number of nitrogens with one attached hydrogen (secondary N) is 2. The van der Waals surface area contributed by atoms with E-state index < -0.39 is 42.1 Å². The van der Waals surface area contributed by atoms with E-state index in [0.29, 0.717) is 5.56 Å². The molecule has 1 aliphatic heterocycles. The van der Waals surface area contributed by atoms with Crippen LogP contribution < -0.4 is 10.6 Å². The molecule has 0 bridgehead atoms. The van der Waals surface area contributed by atoms with Gasteiger partial charge in [-0.15, -0.1) is 0 Å². The summed E-state index contributed by atoms with van der Waals surface area (Å²) in [6.45, 7) is 0.00236. The highest BCUT2D eigenvalue weighted by Gasteiger charge is 2.43. The molecule has 1 saturated carbocycles. The number of alkyl carbamates (subject to hydrolysis) is 1. The largest absolute Gasteiger partial charge is 0.434 e. The summed E-state index contributed by atoms with van der Waals surface area (Å²) in [6.07, 6.45) is -5.60. The van der Waals surface area contributed by atoms with Crippen LogP contribution in [0.5, 0.6) is 0 Å². The van der Waals surface area contributed by atoms with Crippen LogP contribution in [-0.4, -0.2) is 30.8 Å². The van der Waals surface area contributed by atoms with Crippen LogP contribution in [0.25, 0.3) is 0 Å².